The van der Waals surface area contributed by atoms with E-state index in [1.807, 2.05) is 30.3 Å². The molecule has 0 bridgehead atoms. The summed E-state index contributed by atoms with van der Waals surface area (Å²) >= 11 is 0. The highest BCUT2D eigenvalue weighted by molar-refractivity contribution is 5.44. The maximum Gasteiger partial charge on any atom is 0.227 e. The first-order valence-corrected chi connectivity index (χ1v) is 12.0. The van der Waals surface area contributed by atoms with Crippen LogP contribution >= 0.6 is 0 Å². The fraction of sp³-hybridized carbons (Fsp3) is 0.393. The molecule has 6 nitrogen and oxygen atoms in total. The van der Waals surface area contributed by atoms with Crippen molar-refractivity contribution >= 4 is 0 Å². The highest BCUT2D eigenvalue weighted by Crippen LogP contribution is 2.37. The van der Waals surface area contributed by atoms with E-state index in [4.69, 9.17) is 21.0 Å². The molecule has 7 heteroatoms. The molecule has 1 saturated carbocycles. The number of rotatable bonds is 12. The third kappa shape index (κ3) is 6.29. The first kappa shape index (κ1) is 24.9. The van der Waals surface area contributed by atoms with Crippen LogP contribution in [-0.2, 0) is 11.3 Å². The van der Waals surface area contributed by atoms with Crippen molar-refractivity contribution in [3.05, 3.63) is 71.7 Å². The number of ether oxygens (including phenoxy) is 2. The summed E-state index contributed by atoms with van der Waals surface area (Å²) < 4.78 is 27.9. The fourth-order valence-corrected chi connectivity index (χ4v) is 4.11. The second-order valence-corrected chi connectivity index (χ2v) is 9.14. The number of hydrogen-bond donors (Lipinski definition) is 1. The Hall–Kier alpha value is -3.18. The van der Waals surface area contributed by atoms with Gasteiger partial charge in [0.25, 0.3) is 0 Å². The van der Waals surface area contributed by atoms with Gasteiger partial charge in [-0.25, -0.2) is 9.07 Å². The van der Waals surface area contributed by atoms with Crippen LogP contribution < -0.4 is 4.74 Å². The van der Waals surface area contributed by atoms with Crippen molar-refractivity contribution in [2.24, 2.45) is 0 Å². The summed E-state index contributed by atoms with van der Waals surface area (Å²) in [6, 6.07) is 16.4. The minimum absolute atomic E-state index is 0.114. The number of benzene rings is 2. The van der Waals surface area contributed by atoms with Crippen LogP contribution in [0.25, 0.3) is 5.69 Å². The van der Waals surface area contributed by atoms with Crippen LogP contribution in [0.15, 0.2) is 54.6 Å². The van der Waals surface area contributed by atoms with E-state index in [0.29, 0.717) is 25.0 Å². The molecule has 2 aromatic carbocycles. The summed E-state index contributed by atoms with van der Waals surface area (Å²) in [6.07, 6.45) is 6.69. The normalized spacial score (nSPS) is 14.3. The zero-order valence-corrected chi connectivity index (χ0v) is 20.2. The quantitative estimate of drug-likeness (QED) is 0.297. The third-order valence-electron chi connectivity index (χ3n) is 5.92. The molecule has 3 aromatic rings. The number of nitrogens with zero attached hydrogens (tertiary/aromatic N) is 3. The summed E-state index contributed by atoms with van der Waals surface area (Å²) in [5, 5.41) is 15.5. The molecule has 1 atom stereocenters. The second kappa shape index (κ2) is 11.5. The fourth-order valence-electron chi connectivity index (χ4n) is 4.11. The molecule has 1 fully saturated rings. The van der Waals surface area contributed by atoms with E-state index in [2.05, 4.69) is 24.7 Å². The molecular weight excluding hydrogens is 445 g/mol. The minimum Gasteiger partial charge on any atom is -0.435 e. The minimum atomic E-state index is -0.674. The predicted octanol–water partition coefficient (Wildman–Crippen LogP) is 4.90. The van der Waals surface area contributed by atoms with Gasteiger partial charge in [0.05, 0.1) is 29.7 Å². The molecule has 0 amide bonds. The van der Waals surface area contributed by atoms with E-state index in [-0.39, 0.29) is 24.9 Å². The zero-order chi connectivity index (χ0) is 24.8. The van der Waals surface area contributed by atoms with Gasteiger partial charge in [-0.15, -0.1) is 6.42 Å². The van der Waals surface area contributed by atoms with Crippen LogP contribution in [0, 0.1) is 18.2 Å². The van der Waals surface area contributed by atoms with Crippen molar-refractivity contribution < 1.29 is 19.0 Å². The van der Waals surface area contributed by atoms with E-state index >= 15 is 0 Å². The Balaban J connectivity index is 1.72. The van der Waals surface area contributed by atoms with Gasteiger partial charge >= 0.3 is 0 Å². The molecule has 0 saturated heterocycles. The van der Waals surface area contributed by atoms with Gasteiger partial charge in [0.2, 0.25) is 5.88 Å². The molecular formula is C28H32FN3O3. The van der Waals surface area contributed by atoms with E-state index in [1.165, 1.54) is 6.07 Å². The number of aliphatic hydroxyl groups is 1. The lowest BCUT2D eigenvalue weighted by Gasteiger charge is -2.25. The zero-order valence-electron chi connectivity index (χ0n) is 20.2. The lowest BCUT2D eigenvalue weighted by Crippen LogP contribution is -2.36. The number of halogens is 1. The average Bonchev–Trinajstić information content (AvgIpc) is 3.64. The number of aromatic nitrogens is 2. The Kier molecular flexibility index (Phi) is 8.19. The van der Waals surface area contributed by atoms with E-state index < -0.39 is 11.9 Å². The summed E-state index contributed by atoms with van der Waals surface area (Å²) in [5.74, 6) is 2.71. The topological polar surface area (TPSA) is 59.8 Å². The number of para-hydroxylation sites is 2. The molecule has 1 N–H and O–H groups in total. The maximum atomic E-state index is 14.6. The van der Waals surface area contributed by atoms with Crippen molar-refractivity contribution in [3.8, 4) is 29.7 Å². The monoisotopic (exact) mass is 477 g/mol. The van der Waals surface area contributed by atoms with E-state index in [0.717, 1.165) is 29.8 Å². The van der Waals surface area contributed by atoms with Gasteiger partial charge in [0.1, 0.15) is 6.61 Å². The Morgan fingerprint density at radius 2 is 1.89 bits per heavy atom. The van der Waals surface area contributed by atoms with Crippen molar-refractivity contribution in [2.75, 3.05) is 19.8 Å². The Labute approximate surface area is 206 Å². The van der Waals surface area contributed by atoms with Crippen molar-refractivity contribution in [3.63, 3.8) is 0 Å². The first-order valence-electron chi connectivity index (χ1n) is 12.0. The molecule has 1 aliphatic rings. The van der Waals surface area contributed by atoms with Crippen LogP contribution in [0.4, 0.5) is 4.39 Å². The van der Waals surface area contributed by atoms with Crippen LogP contribution in [-0.4, -0.2) is 51.7 Å². The SMILES string of the molecule is C#CCOC[C@@H](O)CN(Cc1c(C(C)C)nn(-c2ccccc2)c1Oc1ccccc1F)C1CC1. The van der Waals surface area contributed by atoms with E-state index in [9.17, 15) is 9.50 Å². The number of terminal acetylenes is 1. The van der Waals surface area contributed by atoms with Gasteiger partial charge in [-0.2, -0.15) is 5.10 Å². The molecule has 1 heterocycles. The van der Waals surface area contributed by atoms with Crippen LogP contribution in [0.3, 0.4) is 0 Å². The molecule has 0 unspecified atom stereocenters. The van der Waals surface area contributed by atoms with Crippen molar-refractivity contribution in [2.45, 2.75) is 51.3 Å². The van der Waals surface area contributed by atoms with Gasteiger partial charge in [-0.1, -0.05) is 50.1 Å². The van der Waals surface area contributed by atoms with E-state index in [1.54, 1.807) is 22.9 Å². The lowest BCUT2D eigenvalue weighted by atomic mass is 10.1. The summed E-state index contributed by atoms with van der Waals surface area (Å²) in [4.78, 5) is 2.23. The molecule has 4 rings (SSSR count). The average molecular weight is 478 g/mol. The highest BCUT2D eigenvalue weighted by Gasteiger charge is 2.33. The van der Waals surface area contributed by atoms with Gasteiger partial charge in [0, 0.05) is 19.1 Å². The standard InChI is InChI=1S/C28H32FN3O3/c1-4-16-34-19-23(33)17-31(21-14-15-21)18-24-27(20(2)3)30-32(22-10-6-5-7-11-22)28(24)35-26-13-9-8-12-25(26)29/h1,5-13,20-21,23,33H,14-19H2,2-3H3/t23-/m0/s1. The molecule has 35 heavy (non-hydrogen) atoms. The van der Waals surface area contributed by atoms with Gasteiger partial charge in [0.15, 0.2) is 11.6 Å². The van der Waals surface area contributed by atoms with Crippen LogP contribution in [0.2, 0.25) is 0 Å². The Bertz CT molecular complexity index is 1150. The van der Waals surface area contributed by atoms with Crippen molar-refractivity contribution in [1.29, 1.82) is 0 Å². The number of aliphatic hydroxyl groups excluding tert-OH is 1. The van der Waals surface area contributed by atoms with Crippen molar-refractivity contribution in [1.82, 2.24) is 14.7 Å². The first-order chi connectivity index (χ1) is 17.0. The smallest absolute Gasteiger partial charge is 0.227 e. The highest BCUT2D eigenvalue weighted by atomic mass is 19.1. The Morgan fingerprint density at radius 1 is 1.17 bits per heavy atom. The largest absolute Gasteiger partial charge is 0.435 e. The Morgan fingerprint density at radius 3 is 2.54 bits per heavy atom. The summed E-state index contributed by atoms with van der Waals surface area (Å²) in [7, 11) is 0. The number of hydrogen-bond acceptors (Lipinski definition) is 5. The van der Waals surface area contributed by atoms with Crippen LogP contribution in [0.1, 0.15) is 43.9 Å². The van der Waals surface area contributed by atoms with Gasteiger partial charge < -0.3 is 14.6 Å². The molecule has 0 spiro atoms. The maximum absolute atomic E-state index is 14.6. The summed E-state index contributed by atoms with van der Waals surface area (Å²) in [5.41, 5.74) is 2.59. The van der Waals surface area contributed by atoms with Crippen LogP contribution in [0.5, 0.6) is 11.6 Å². The molecule has 1 aromatic heterocycles. The predicted molar refractivity (Wildman–Crippen MR) is 133 cm³/mol. The molecule has 1 aliphatic carbocycles. The summed E-state index contributed by atoms with van der Waals surface area (Å²) in [6.45, 7) is 5.45. The van der Waals surface area contributed by atoms with Gasteiger partial charge in [-0.3, -0.25) is 4.90 Å². The lowest BCUT2D eigenvalue weighted by molar-refractivity contribution is 0.0240. The molecule has 0 radical (unpaired) electrons. The second-order valence-electron chi connectivity index (χ2n) is 9.14. The third-order valence-corrected chi connectivity index (χ3v) is 5.92. The molecule has 0 aliphatic heterocycles. The molecule has 184 valence electrons. The van der Waals surface area contributed by atoms with Gasteiger partial charge in [-0.05, 0) is 43.0 Å².